The Morgan fingerprint density at radius 1 is 0.939 bits per heavy atom. The van der Waals surface area contributed by atoms with Gasteiger partial charge in [0.2, 0.25) is 0 Å². The first kappa shape index (κ1) is 21.8. The summed E-state index contributed by atoms with van der Waals surface area (Å²) >= 11 is 0. The van der Waals surface area contributed by atoms with Crippen molar-refractivity contribution in [1.82, 2.24) is 29.8 Å². The highest BCUT2D eigenvalue weighted by molar-refractivity contribution is 5.98. The Balaban J connectivity index is 1.40. The van der Waals surface area contributed by atoms with Crippen LogP contribution in [0.3, 0.4) is 0 Å². The zero-order valence-corrected chi connectivity index (χ0v) is 19.4. The van der Waals surface area contributed by atoms with Crippen LogP contribution in [0.2, 0.25) is 0 Å². The predicted octanol–water partition coefficient (Wildman–Crippen LogP) is 3.98. The fraction of sp³-hybridized carbons (Fsp3) is 0.462. The molecule has 0 radical (unpaired) electrons. The Morgan fingerprint density at radius 2 is 1.64 bits per heavy atom. The third-order valence-electron chi connectivity index (χ3n) is 7.11. The number of carbonyl (C=O) groups is 1. The van der Waals surface area contributed by atoms with Crippen LogP contribution in [0.1, 0.15) is 55.1 Å². The lowest BCUT2D eigenvalue weighted by atomic mass is 9.94. The summed E-state index contributed by atoms with van der Waals surface area (Å²) in [5.74, 6) is -0.0402. The molecule has 1 aliphatic carbocycles. The molecule has 1 aliphatic heterocycles. The lowest BCUT2D eigenvalue weighted by Crippen LogP contribution is -2.52. The van der Waals surface area contributed by atoms with Gasteiger partial charge in [-0.2, -0.15) is 0 Å². The summed E-state index contributed by atoms with van der Waals surface area (Å²) in [6, 6.07) is 12.8. The van der Waals surface area contributed by atoms with Gasteiger partial charge in [-0.15, -0.1) is 5.10 Å². The molecule has 1 aromatic carbocycles. The van der Waals surface area contributed by atoms with Gasteiger partial charge in [-0.05, 0) is 49.1 Å². The zero-order valence-electron chi connectivity index (χ0n) is 19.4. The van der Waals surface area contributed by atoms with E-state index in [2.05, 4.69) is 39.3 Å². The standard InChI is InChI=1S/C26H32N6O/c1-2-20-8-10-23(11-9-20)32-25(21-12-14-27-15-13-21)24(28-29-32)26(33)31-18-16-30(17-19-31)22-6-4-3-5-7-22/h8-15,22H,2-7,16-19H2,1H3. The molecular weight excluding hydrogens is 412 g/mol. The van der Waals surface area contributed by atoms with E-state index >= 15 is 0 Å². The topological polar surface area (TPSA) is 67.2 Å². The van der Waals surface area contributed by atoms with Crippen LogP contribution in [0.5, 0.6) is 0 Å². The van der Waals surface area contributed by atoms with E-state index in [9.17, 15) is 4.79 Å². The third-order valence-corrected chi connectivity index (χ3v) is 7.11. The minimum absolute atomic E-state index is 0.0402. The van der Waals surface area contributed by atoms with Crippen LogP contribution in [-0.4, -0.2) is 67.9 Å². The van der Waals surface area contributed by atoms with Gasteiger partial charge >= 0.3 is 0 Å². The number of rotatable bonds is 5. The Labute approximate surface area is 195 Å². The summed E-state index contributed by atoms with van der Waals surface area (Å²) in [7, 11) is 0. The molecule has 0 bridgehead atoms. The van der Waals surface area contributed by atoms with E-state index in [1.165, 1.54) is 37.7 Å². The first-order valence-electron chi connectivity index (χ1n) is 12.2. The van der Waals surface area contributed by atoms with E-state index in [-0.39, 0.29) is 5.91 Å². The molecule has 2 aliphatic rings. The molecule has 7 heteroatoms. The van der Waals surface area contributed by atoms with Crippen molar-refractivity contribution in [3.8, 4) is 16.9 Å². The maximum absolute atomic E-state index is 13.6. The summed E-state index contributed by atoms with van der Waals surface area (Å²) in [5.41, 5.74) is 4.18. The van der Waals surface area contributed by atoms with E-state index in [0.29, 0.717) is 11.7 Å². The molecule has 3 aromatic rings. The molecule has 0 unspecified atom stereocenters. The lowest BCUT2D eigenvalue weighted by Gasteiger charge is -2.40. The average molecular weight is 445 g/mol. The highest BCUT2D eigenvalue weighted by atomic mass is 16.2. The second-order valence-electron chi connectivity index (χ2n) is 9.07. The highest BCUT2D eigenvalue weighted by Gasteiger charge is 2.31. The lowest BCUT2D eigenvalue weighted by molar-refractivity contribution is 0.0519. The molecule has 7 nitrogen and oxygen atoms in total. The van der Waals surface area contributed by atoms with Crippen LogP contribution in [0.25, 0.3) is 16.9 Å². The molecule has 1 amide bonds. The maximum atomic E-state index is 13.6. The SMILES string of the molecule is CCc1ccc(-n2nnc(C(=O)N3CCN(C4CCCCC4)CC3)c2-c2ccncc2)cc1. The number of amides is 1. The second kappa shape index (κ2) is 9.83. The summed E-state index contributed by atoms with van der Waals surface area (Å²) in [6.07, 6.45) is 11.1. The number of piperazine rings is 1. The molecule has 172 valence electrons. The van der Waals surface area contributed by atoms with Crippen molar-refractivity contribution in [2.24, 2.45) is 0 Å². The average Bonchev–Trinajstić information content (AvgIpc) is 3.34. The summed E-state index contributed by atoms with van der Waals surface area (Å²) < 4.78 is 1.78. The minimum atomic E-state index is -0.0402. The van der Waals surface area contributed by atoms with Crippen LogP contribution in [-0.2, 0) is 6.42 Å². The van der Waals surface area contributed by atoms with Crippen molar-refractivity contribution in [2.75, 3.05) is 26.2 Å². The summed E-state index contributed by atoms with van der Waals surface area (Å²) in [4.78, 5) is 22.3. The summed E-state index contributed by atoms with van der Waals surface area (Å²) in [5, 5.41) is 8.79. The van der Waals surface area contributed by atoms with Crippen molar-refractivity contribution in [3.63, 3.8) is 0 Å². The van der Waals surface area contributed by atoms with E-state index in [0.717, 1.165) is 49.5 Å². The Kier molecular flexibility index (Phi) is 6.48. The van der Waals surface area contributed by atoms with Gasteiger partial charge in [-0.1, -0.05) is 43.5 Å². The van der Waals surface area contributed by atoms with Crippen LogP contribution >= 0.6 is 0 Å². The van der Waals surface area contributed by atoms with Gasteiger partial charge in [-0.25, -0.2) is 4.68 Å². The fourth-order valence-electron chi connectivity index (χ4n) is 5.13. The molecular formula is C26H32N6O. The molecule has 1 saturated heterocycles. The van der Waals surface area contributed by atoms with Crippen molar-refractivity contribution in [3.05, 3.63) is 60.0 Å². The molecule has 2 fully saturated rings. The summed E-state index contributed by atoms with van der Waals surface area (Å²) in [6.45, 7) is 5.49. The number of carbonyl (C=O) groups excluding carboxylic acids is 1. The van der Waals surface area contributed by atoms with Crippen LogP contribution in [0.15, 0.2) is 48.8 Å². The molecule has 3 heterocycles. The molecule has 1 saturated carbocycles. The quantitative estimate of drug-likeness (QED) is 0.595. The molecule has 2 aromatic heterocycles. The van der Waals surface area contributed by atoms with E-state index in [1.54, 1.807) is 17.1 Å². The molecule has 5 rings (SSSR count). The molecule has 0 spiro atoms. The minimum Gasteiger partial charge on any atom is -0.335 e. The molecule has 0 N–H and O–H groups in total. The normalized spacial score (nSPS) is 17.9. The Hall–Kier alpha value is -3.06. The highest BCUT2D eigenvalue weighted by Crippen LogP contribution is 2.27. The number of pyridine rings is 1. The van der Waals surface area contributed by atoms with Crippen LogP contribution in [0, 0.1) is 0 Å². The van der Waals surface area contributed by atoms with E-state index < -0.39 is 0 Å². The first-order chi connectivity index (χ1) is 16.2. The van der Waals surface area contributed by atoms with Gasteiger partial charge in [0.1, 0.15) is 5.69 Å². The fourth-order valence-corrected chi connectivity index (χ4v) is 5.13. The van der Waals surface area contributed by atoms with Crippen molar-refractivity contribution in [2.45, 2.75) is 51.5 Å². The number of hydrogen-bond donors (Lipinski definition) is 0. The first-order valence-corrected chi connectivity index (χ1v) is 12.2. The maximum Gasteiger partial charge on any atom is 0.276 e. The second-order valence-corrected chi connectivity index (χ2v) is 9.07. The Bertz CT molecular complexity index is 1060. The van der Waals surface area contributed by atoms with Crippen molar-refractivity contribution in [1.29, 1.82) is 0 Å². The monoisotopic (exact) mass is 444 g/mol. The molecule has 33 heavy (non-hydrogen) atoms. The van der Waals surface area contributed by atoms with Gasteiger partial charge in [0, 0.05) is 50.2 Å². The molecule has 0 atom stereocenters. The Morgan fingerprint density at radius 3 is 2.30 bits per heavy atom. The third kappa shape index (κ3) is 4.55. The van der Waals surface area contributed by atoms with Gasteiger partial charge in [0.05, 0.1) is 5.69 Å². The number of nitrogens with zero attached hydrogens (tertiary/aromatic N) is 6. The van der Waals surface area contributed by atoms with Crippen molar-refractivity contribution < 1.29 is 4.79 Å². The number of aromatic nitrogens is 4. The van der Waals surface area contributed by atoms with Gasteiger partial charge in [-0.3, -0.25) is 14.7 Å². The largest absolute Gasteiger partial charge is 0.335 e. The predicted molar refractivity (Wildman–Crippen MR) is 128 cm³/mol. The number of benzene rings is 1. The smallest absolute Gasteiger partial charge is 0.276 e. The van der Waals surface area contributed by atoms with Crippen LogP contribution < -0.4 is 0 Å². The zero-order chi connectivity index (χ0) is 22.6. The number of hydrogen-bond acceptors (Lipinski definition) is 5. The van der Waals surface area contributed by atoms with Crippen LogP contribution in [0.4, 0.5) is 0 Å². The van der Waals surface area contributed by atoms with E-state index in [1.807, 2.05) is 29.2 Å². The number of aryl methyl sites for hydroxylation is 1. The van der Waals surface area contributed by atoms with Gasteiger partial charge in [0.25, 0.3) is 5.91 Å². The van der Waals surface area contributed by atoms with Gasteiger partial charge < -0.3 is 4.90 Å². The van der Waals surface area contributed by atoms with Gasteiger partial charge in [0.15, 0.2) is 5.69 Å². The van der Waals surface area contributed by atoms with Crippen molar-refractivity contribution >= 4 is 5.91 Å². The van der Waals surface area contributed by atoms with E-state index in [4.69, 9.17) is 0 Å².